The normalized spacial score (nSPS) is 11.2. The van der Waals surface area contributed by atoms with Crippen molar-refractivity contribution in [2.45, 2.75) is 12.8 Å². The molecule has 154 valence electrons. The van der Waals surface area contributed by atoms with E-state index in [1.807, 2.05) is 30.3 Å². The standard InChI is InChI=1S/C22H17Cl3N2O3/c1-29-19-5-2-4-14-15-10-13(7-8-18(15)30-22(14)19)27(20(28)6-3-9-23)21-16(24)11-26-12-17(21)25/h2,4-5,7-8,10-12H,3,6,9H2,1H3. The van der Waals surface area contributed by atoms with E-state index in [1.165, 1.54) is 17.3 Å². The summed E-state index contributed by atoms with van der Waals surface area (Å²) in [6.07, 6.45) is 3.70. The highest BCUT2D eigenvalue weighted by Gasteiger charge is 2.24. The Kier molecular flexibility index (Phi) is 6.04. The van der Waals surface area contributed by atoms with E-state index in [4.69, 9.17) is 44.0 Å². The number of carbonyl (C=O) groups excluding carboxylic acids is 1. The largest absolute Gasteiger partial charge is 0.493 e. The molecule has 4 rings (SSSR count). The quantitative estimate of drug-likeness (QED) is 0.289. The lowest BCUT2D eigenvalue weighted by atomic mass is 10.1. The lowest BCUT2D eigenvalue weighted by molar-refractivity contribution is -0.117. The van der Waals surface area contributed by atoms with E-state index < -0.39 is 0 Å². The van der Waals surface area contributed by atoms with Gasteiger partial charge < -0.3 is 9.15 Å². The third-order valence-corrected chi connectivity index (χ3v) is 5.57. The SMILES string of the molecule is COc1cccc2c1oc1ccc(N(C(=O)CCCCl)c3c(Cl)cncc3Cl)cc12. The van der Waals surface area contributed by atoms with Gasteiger partial charge in [0.05, 0.1) is 22.8 Å². The first-order valence-electron chi connectivity index (χ1n) is 9.22. The third kappa shape index (κ3) is 3.69. The van der Waals surface area contributed by atoms with Gasteiger partial charge in [-0.25, -0.2) is 0 Å². The monoisotopic (exact) mass is 462 g/mol. The van der Waals surface area contributed by atoms with Gasteiger partial charge in [0.25, 0.3) is 0 Å². The average molecular weight is 464 g/mol. The smallest absolute Gasteiger partial charge is 0.231 e. The van der Waals surface area contributed by atoms with Gasteiger partial charge in [-0.15, -0.1) is 11.6 Å². The zero-order chi connectivity index (χ0) is 21.3. The summed E-state index contributed by atoms with van der Waals surface area (Å²) < 4.78 is 11.4. The van der Waals surface area contributed by atoms with Crippen LogP contribution in [0.4, 0.5) is 11.4 Å². The number of hydrogen-bond donors (Lipinski definition) is 0. The second kappa shape index (κ2) is 8.72. The minimum absolute atomic E-state index is 0.171. The molecule has 0 atom stereocenters. The van der Waals surface area contributed by atoms with Crippen molar-refractivity contribution in [2.24, 2.45) is 0 Å². The fraction of sp³-hybridized carbons (Fsp3) is 0.182. The Hall–Kier alpha value is -2.47. The number of alkyl halides is 1. The maximum atomic E-state index is 13.1. The Balaban J connectivity index is 1.92. The molecule has 8 heteroatoms. The molecule has 0 aliphatic carbocycles. The third-order valence-electron chi connectivity index (χ3n) is 4.75. The number of benzene rings is 2. The lowest BCUT2D eigenvalue weighted by Gasteiger charge is -2.25. The fourth-order valence-corrected chi connectivity index (χ4v) is 4.07. The van der Waals surface area contributed by atoms with E-state index in [-0.39, 0.29) is 22.4 Å². The second-order valence-electron chi connectivity index (χ2n) is 6.59. The van der Waals surface area contributed by atoms with E-state index in [0.717, 1.165) is 10.8 Å². The van der Waals surface area contributed by atoms with Gasteiger partial charge in [-0.1, -0.05) is 35.3 Å². The molecule has 2 aromatic heterocycles. The number of para-hydroxylation sites is 1. The van der Waals surface area contributed by atoms with E-state index in [0.29, 0.717) is 40.6 Å². The first-order chi connectivity index (χ1) is 14.5. The van der Waals surface area contributed by atoms with Crippen molar-refractivity contribution in [3.05, 3.63) is 58.8 Å². The number of rotatable bonds is 6. The Labute approximate surface area is 188 Å². The minimum Gasteiger partial charge on any atom is -0.493 e. The number of furan rings is 1. The Morgan fingerprint density at radius 2 is 1.90 bits per heavy atom. The van der Waals surface area contributed by atoms with Crippen LogP contribution in [0.5, 0.6) is 5.75 Å². The highest BCUT2D eigenvalue weighted by molar-refractivity contribution is 6.40. The molecule has 2 heterocycles. The molecule has 0 N–H and O–H groups in total. The molecule has 4 aromatic rings. The predicted octanol–water partition coefficient (Wildman–Crippen LogP) is 6.98. The van der Waals surface area contributed by atoms with Crippen molar-refractivity contribution >= 4 is 74.0 Å². The van der Waals surface area contributed by atoms with Crippen LogP contribution in [0.25, 0.3) is 21.9 Å². The number of pyridine rings is 1. The molecule has 0 radical (unpaired) electrons. The van der Waals surface area contributed by atoms with Crippen LogP contribution in [0.2, 0.25) is 10.0 Å². The van der Waals surface area contributed by atoms with E-state index in [9.17, 15) is 4.79 Å². The van der Waals surface area contributed by atoms with Crippen molar-refractivity contribution in [2.75, 3.05) is 17.9 Å². The summed E-state index contributed by atoms with van der Waals surface area (Å²) in [6.45, 7) is 0. The molecule has 0 saturated carbocycles. The second-order valence-corrected chi connectivity index (χ2v) is 7.79. The van der Waals surface area contributed by atoms with Crippen molar-refractivity contribution in [3.8, 4) is 5.75 Å². The Morgan fingerprint density at radius 1 is 1.13 bits per heavy atom. The summed E-state index contributed by atoms with van der Waals surface area (Å²) >= 11 is 18.6. The zero-order valence-corrected chi connectivity index (χ0v) is 18.3. The van der Waals surface area contributed by atoms with Gasteiger partial charge in [-0.05, 0) is 30.7 Å². The van der Waals surface area contributed by atoms with Crippen LogP contribution in [0.15, 0.2) is 53.2 Å². The molecule has 1 amide bonds. The molecule has 2 aromatic carbocycles. The van der Waals surface area contributed by atoms with Gasteiger partial charge in [0, 0.05) is 41.2 Å². The van der Waals surface area contributed by atoms with E-state index in [2.05, 4.69) is 4.98 Å². The average Bonchev–Trinajstić information content (AvgIpc) is 3.12. The van der Waals surface area contributed by atoms with Gasteiger partial charge >= 0.3 is 0 Å². The fourth-order valence-electron chi connectivity index (χ4n) is 3.41. The molecule has 30 heavy (non-hydrogen) atoms. The van der Waals surface area contributed by atoms with Crippen molar-refractivity contribution in [1.29, 1.82) is 0 Å². The van der Waals surface area contributed by atoms with Crippen LogP contribution < -0.4 is 9.64 Å². The molecule has 0 aliphatic heterocycles. The molecule has 0 bridgehead atoms. The summed E-state index contributed by atoms with van der Waals surface area (Å²) in [4.78, 5) is 18.6. The van der Waals surface area contributed by atoms with Gasteiger partial charge in [0.1, 0.15) is 5.58 Å². The number of methoxy groups -OCH3 is 1. The Morgan fingerprint density at radius 3 is 2.60 bits per heavy atom. The van der Waals surface area contributed by atoms with Crippen molar-refractivity contribution < 1.29 is 13.9 Å². The molecule has 0 fully saturated rings. The summed E-state index contributed by atoms with van der Waals surface area (Å²) in [5, 5.41) is 2.28. The summed E-state index contributed by atoms with van der Waals surface area (Å²) in [5.41, 5.74) is 2.32. The van der Waals surface area contributed by atoms with Gasteiger partial charge in [-0.3, -0.25) is 14.7 Å². The van der Waals surface area contributed by atoms with E-state index >= 15 is 0 Å². The summed E-state index contributed by atoms with van der Waals surface area (Å²) in [7, 11) is 1.60. The van der Waals surface area contributed by atoms with Crippen molar-refractivity contribution in [3.63, 3.8) is 0 Å². The maximum Gasteiger partial charge on any atom is 0.231 e. The Bertz CT molecular complexity index is 1220. The first kappa shape index (κ1) is 20.8. The number of amides is 1. The van der Waals surface area contributed by atoms with Crippen LogP contribution in [0.1, 0.15) is 12.8 Å². The highest BCUT2D eigenvalue weighted by Crippen LogP contribution is 2.41. The number of nitrogens with zero attached hydrogens (tertiary/aromatic N) is 2. The molecular weight excluding hydrogens is 447 g/mol. The molecule has 5 nitrogen and oxygen atoms in total. The van der Waals surface area contributed by atoms with E-state index in [1.54, 1.807) is 13.2 Å². The van der Waals surface area contributed by atoms with Gasteiger partial charge in [0.2, 0.25) is 5.91 Å². The summed E-state index contributed by atoms with van der Waals surface area (Å²) in [5.74, 6) is 0.846. The number of aromatic nitrogens is 1. The van der Waals surface area contributed by atoms with Crippen LogP contribution in [-0.4, -0.2) is 23.9 Å². The lowest BCUT2D eigenvalue weighted by Crippen LogP contribution is -2.26. The number of hydrogen-bond acceptors (Lipinski definition) is 4. The minimum atomic E-state index is -0.171. The summed E-state index contributed by atoms with van der Waals surface area (Å²) in [6, 6.07) is 11.2. The topological polar surface area (TPSA) is 55.6 Å². The maximum absolute atomic E-state index is 13.1. The number of carbonyl (C=O) groups is 1. The molecule has 0 unspecified atom stereocenters. The number of fused-ring (bicyclic) bond motifs is 3. The first-order valence-corrected chi connectivity index (χ1v) is 10.5. The van der Waals surface area contributed by atoms with Crippen LogP contribution >= 0.6 is 34.8 Å². The molecular formula is C22H17Cl3N2O3. The van der Waals surface area contributed by atoms with Gasteiger partial charge in [0.15, 0.2) is 11.3 Å². The number of halogens is 3. The highest BCUT2D eigenvalue weighted by atomic mass is 35.5. The van der Waals surface area contributed by atoms with Crippen molar-refractivity contribution in [1.82, 2.24) is 4.98 Å². The predicted molar refractivity (Wildman–Crippen MR) is 122 cm³/mol. The molecule has 0 spiro atoms. The molecule has 0 saturated heterocycles. The van der Waals surface area contributed by atoms with Gasteiger partial charge in [-0.2, -0.15) is 0 Å². The van der Waals surface area contributed by atoms with Crippen LogP contribution in [0, 0.1) is 0 Å². The zero-order valence-electron chi connectivity index (χ0n) is 16.0. The number of ether oxygens (including phenoxy) is 1. The van der Waals surface area contributed by atoms with Crippen LogP contribution in [0.3, 0.4) is 0 Å². The number of anilines is 2. The van der Waals surface area contributed by atoms with Crippen LogP contribution in [-0.2, 0) is 4.79 Å². The molecule has 0 aliphatic rings.